The van der Waals surface area contributed by atoms with Crippen molar-refractivity contribution < 1.29 is 24.1 Å². The van der Waals surface area contributed by atoms with Gasteiger partial charge in [0.05, 0.1) is 19.4 Å². The largest absolute Gasteiger partial charge is 0.493 e. The third-order valence-electron chi connectivity index (χ3n) is 3.15. The van der Waals surface area contributed by atoms with Crippen molar-refractivity contribution in [2.45, 2.75) is 18.9 Å². The lowest BCUT2D eigenvalue weighted by atomic mass is 10.3. The summed E-state index contributed by atoms with van der Waals surface area (Å²) in [4.78, 5) is 14.7. The predicted octanol–water partition coefficient (Wildman–Crippen LogP) is 3.12. The first-order valence-electron chi connectivity index (χ1n) is 6.87. The molecule has 2 aromatic rings. The van der Waals surface area contributed by atoms with Crippen molar-refractivity contribution in [2.75, 3.05) is 7.11 Å². The van der Waals surface area contributed by atoms with Gasteiger partial charge in [0, 0.05) is 6.07 Å². The molecule has 0 spiro atoms. The van der Waals surface area contributed by atoms with E-state index in [-0.39, 0.29) is 5.69 Å². The SMILES string of the molecule is COc1cc(C(=O)O)ncc1Oc1ccc(OC2CC2)cc1. The molecule has 0 aliphatic heterocycles. The summed E-state index contributed by atoms with van der Waals surface area (Å²) >= 11 is 0. The van der Waals surface area contributed by atoms with Crippen LogP contribution in [0.2, 0.25) is 0 Å². The summed E-state index contributed by atoms with van der Waals surface area (Å²) < 4.78 is 16.5. The van der Waals surface area contributed by atoms with Crippen LogP contribution in [0.1, 0.15) is 23.3 Å². The molecule has 1 aromatic heterocycles. The minimum absolute atomic E-state index is 0.0996. The Hall–Kier alpha value is -2.76. The first-order valence-corrected chi connectivity index (χ1v) is 6.87. The number of ether oxygens (including phenoxy) is 3. The Bertz CT molecular complexity index is 679. The third-order valence-corrected chi connectivity index (χ3v) is 3.15. The van der Waals surface area contributed by atoms with Crippen molar-refractivity contribution in [1.29, 1.82) is 0 Å². The average Bonchev–Trinajstić information content (AvgIpc) is 3.33. The van der Waals surface area contributed by atoms with Crippen molar-refractivity contribution in [3.63, 3.8) is 0 Å². The zero-order valence-corrected chi connectivity index (χ0v) is 12.0. The summed E-state index contributed by atoms with van der Waals surface area (Å²) in [6.45, 7) is 0. The number of carbonyl (C=O) groups is 1. The molecule has 1 aliphatic carbocycles. The number of methoxy groups -OCH3 is 1. The normalized spacial score (nSPS) is 13.5. The van der Waals surface area contributed by atoms with E-state index in [1.54, 1.807) is 12.1 Å². The number of benzene rings is 1. The number of nitrogens with zero attached hydrogens (tertiary/aromatic N) is 1. The fourth-order valence-electron chi connectivity index (χ4n) is 1.87. The molecule has 1 N–H and O–H groups in total. The fourth-order valence-corrected chi connectivity index (χ4v) is 1.87. The minimum Gasteiger partial charge on any atom is -0.493 e. The molecule has 1 aliphatic rings. The number of rotatable bonds is 6. The van der Waals surface area contributed by atoms with E-state index in [0.29, 0.717) is 23.4 Å². The van der Waals surface area contributed by atoms with Crippen LogP contribution in [0.25, 0.3) is 0 Å². The van der Waals surface area contributed by atoms with Crippen molar-refractivity contribution >= 4 is 5.97 Å². The number of pyridine rings is 1. The lowest BCUT2D eigenvalue weighted by Crippen LogP contribution is -2.01. The zero-order chi connectivity index (χ0) is 15.5. The van der Waals surface area contributed by atoms with Gasteiger partial charge >= 0.3 is 5.97 Å². The van der Waals surface area contributed by atoms with Gasteiger partial charge < -0.3 is 19.3 Å². The van der Waals surface area contributed by atoms with Gasteiger partial charge in [0.2, 0.25) is 0 Å². The standard InChI is InChI=1S/C16H15NO5/c1-20-14-8-13(16(18)19)17-9-15(14)22-12-6-4-11(5-7-12)21-10-2-3-10/h4-10H,2-3H2,1H3,(H,18,19). The van der Waals surface area contributed by atoms with E-state index in [1.165, 1.54) is 19.4 Å². The second-order valence-corrected chi connectivity index (χ2v) is 4.92. The van der Waals surface area contributed by atoms with Crippen LogP contribution in [0.4, 0.5) is 0 Å². The van der Waals surface area contributed by atoms with Gasteiger partial charge in [-0.15, -0.1) is 0 Å². The number of aromatic carboxylic acids is 1. The van der Waals surface area contributed by atoms with Crippen LogP contribution in [0.5, 0.6) is 23.0 Å². The van der Waals surface area contributed by atoms with E-state index in [1.807, 2.05) is 12.1 Å². The highest BCUT2D eigenvalue weighted by Crippen LogP contribution is 2.33. The first-order chi connectivity index (χ1) is 10.7. The molecule has 1 saturated carbocycles. The molecule has 0 atom stereocenters. The van der Waals surface area contributed by atoms with Crippen LogP contribution >= 0.6 is 0 Å². The molecule has 0 radical (unpaired) electrons. The monoisotopic (exact) mass is 301 g/mol. The highest BCUT2D eigenvalue weighted by atomic mass is 16.5. The van der Waals surface area contributed by atoms with Gasteiger partial charge in [-0.05, 0) is 37.1 Å². The maximum absolute atomic E-state index is 10.9. The van der Waals surface area contributed by atoms with Gasteiger partial charge in [-0.25, -0.2) is 9.78 Å². The molecule has 114 valence electrons. The molecule has 6 nitrogen and oxygen atoms in total. The molecule has 0 amide bonds. The van der Waals surface area contributed by atoms with Crippen molar-refractivity contribution in [3.05, 3.63) is 42.2 Å². The summed E-state index contributed by atoms with van der Waals surface area (Å²) in [6, 6.07) is 8.55. The van der Waals surface area contributed by atoms with Gasteiger partial charge in [0.1, 0.15) is 11.5 Å². The molecular weight excluding hydrogens is 286 g/mol. The van der Waals surface area contributed by atoms with E-state index >= 15 is 0 Å². The van der Waals surface area contributed by atoms with Crippen molar-refractivity contribution in [2.24, 2.45) is 0 Å². The minimum atomic E-state index is -1.12. The zero-order valence-electron chi connectivity index (χ0n) is 12.0. The summed E-state index contributed by atoms with van der Waals surface area (Å²) in [5, 5.41) is 8.92. The summed E-state index contributed by atoms with van der Waals surface area (Å²) in [5.74, 6) is 0.938. The fraction of sp³-hybridized carbons (Fsp3) is 0.250. The lowest BCUT2D eigenvalue weighted by Gasteiger charge is -2.11. The molecule has 0 saturated heterocycles. The maximum atomic E-state index is 10.9. The number of hydrogen-bond acceptors (Lipinski definition) is 5. The Kier molecular flexibility index (Phi) is 3.82. The maximum Gasteiger partial charge on any atom is 0.354 e. The summed E-state index contributed by atoms with van der Waals surface area (Å²) in [7, 11) is 1.44. The molecule has 22 heavy (non-hydrogen) atoms. The van der Waals surface area contributed by atoms with E-state index in [2.05, 4.69) is 4.98 Å². The Morgan fingerprint density at radius 2 is 1.86 bits per heavy atom. The summed E-state index contributed by atoms with van der Waals surface area (Å²) in [5.41, 5.74) is -0.0996. The second-order valence-electron chi connectivity index (χ2n) is 4.92. The molecular formula is C16H15NO5. The predicted molar refractivity (Wildman–Crippen MR) is 77.9 cm³/mol. The molecule has 1 fully saturated rings. The van der Waals surface area contributed by atoms with E-state index in [4.69, 9.17) is 19.3 Å². The molecule has 6 heteroatoms. The molecule has 0 unspecified atom stereocenters. The van der Waals surface area contributed by atoms with Crippen LogP contribution in [-0.4, -0.2) is 29.3 Å². The molecule has 1 heterocycles. The number of carboxylic acid groups (broad SMARTS) is 1. The lowest BCUT2D eigenvalue weighted by molar-refractivity contribution is 0.0690. The van der Waals surface area contributed by atoms with E-state index in [9.17, 15) is 4.79 Å². The molecule has 3 rings (SSSR count). The average molecular weight is 301 g/mol. The van der Waals surface area contributed by atoms with Crippen LogP contribution in [0.15, 0.2) is 36.5 Å². The van der Waals surface area contributed by atoms with Gasteiger partial charge in [-0.1, -0.05) is 0 Å². The van der Waals surface area contributed by atoms with Crippen LogP contribution in [-0.2, 0) is 0 Å². The molecule has 1 aromatic carbocycles. The van der Waals surface area contributed by atoms with E-state index < -0.39 is 5.97 Å². The highest BCUT2D eigenvalue weighted by Gasteiger charge is 2.23. The quantitative estimate of drug-likeness (QED) is 0.883. The molecule has 0 bridgehead atoms. The van der Waals surface area contributed by atoms with Crippen molar-refractivity contribution in [3.8, 4) is 23.0 Å². The van der Waals surface area contributed by atoms with Crippen LogP contribution in [0, 0.1) is 0 Å². The van der Waals surface area contributed by atoms with Gasteiger partial charge in [0.25, 0.3) is 0 Å². The van der Waals surface area contributed by atoms with Crippen molar-refractivity contribution in [1.82, 2.24) is 4.98 Å². The van der Waals surface area contributed by atoms with Crippen LogP contribution in [0.3, 0.4) is 0 Å². The first kappa shape index (κ1) is 14.2. The smallest absolute Gasteiger partial charge is 0.354 e. The Balaban J connectivity index is 1.75. The Morgan fingerprint density at radius 3 is 2.45 bits per heavy atom. The number of carboxylic acids is 1. The van der Waals surface area contributed by atoms with Gasteiger partial charge in [-0.2, -0.15) is 0 Å². The summed E-state index contributed by atoms with van der Waals surface area (Å²) in [6.07, 6.45) is 3.89. The van der Waals surface area contributed by atoms with Gasteiger partial charge in [-0.3, -0.25) is 0 Å². The highest BCUT2D eigenvalue weighted by molar-refractivity contribution is 5.86. The Morgan fingerprint density at radius 1 is 1.18 bits per heavy atom. The number of hydrogen-bond donors (Lipinski definition) is 1. The van der Waals surface area contributed by atoms with E-state index in [0.717, 1.165) is 18.6 Å². The topological polar surface area (TPSA) is 77.9 Å². The Labute approximate surface area is 127 Å². The second kappa shape index (κ2) is 5.93. The number of aromatic nitrogens is 1. The van der Waals surface area contributed by atoms with Crippen LogP contribution < -0.4 is 14.2 Å². The van der Waals surface area contributed by atoms with Gasteiger partial charge in [0.15, 0.2) is 17.2 Å². The third kappa shape index (κ3) is 3.28.